The van der Waals surface area contributed by atoms with E-state index >= 15 is 0 Å². The number of anilines is 1. The summed E-state index contributed by atoms with van der Waals surface area (Å²) in [7, 11) is -4.25. The van der Waals surface area contributed by atoms with Gasteiger partial charge in [0.2, 0.25) is 0 Å². The highest BCUT2D eigenvalue weighted by Crippen LogP contribution is 2.34. The van der Waals surface area contributed by atoms with Crippen molar-refractivity contribution >= 4 is 50.0 Å². The molecule has 0 atom stereocenters. The van der Waals surface area contributed by atoms with Crippen molar-refractivity contribution in [2.45, 2.75) is 52.5 Å². The van der Waals surface area contributed by atoms with Gasteiger partial charge in [-0.2, -0.15) is 0 Å². The number of hydrogen-bond acceptors (Lipinski definition) is 6. The van der Waals surface area contributed by atoms with E-state index in [2.05, 4.69) is 14.6 Å². The molecule has 0 saturated carbocycles. The molecular weight excluding hydrogens is 578 g/mol. The number of hydrogen-bond donors (Lipinski definition) is 2. The second-order valence-corrected chi connectivity index (χ2v) is 12.5. The molecule has 0 fully saturated rings. The summed E-state index contributed by atoms with van der Waals surface area (Å²) in [4.78, 5) is 25.0. The average Bonchev–Trinajstić information content (AvgIpc) is 3.17. The highest BCUT2D eigenvalue weighted by atomic mass is 35.5. The standard InChI is InChI=1S/C31H32ClN3O6S/c1-17-14-24-26(41-16-28(36)33-24)15-27(17)42(38,39)34-31(37)23-8-6-9-25-29(23)20(4)21(5)35(25)10-7-11-40-22-12-18(2)30(32)19(3)13-22/h6,8-9,12-15H,7,10-11,16H2,1-5H3,(H,33,36)(H,34,37). The van der Waals surface area contributed by atoms with Crippen LogP contribution in [0.2, 0.25) is 5.02 Å². The van der Waals surface area contributed by atoms with Crippen molar-refractivity contribution in [3.8, 4) is 11.5 Å². The molecule has 2 heterocycles. The number of carbonyl (C=O) groups is 2. The van der Waals surface area contributed by atoms with Crippen LogP contribution in [-0.2, 0) is 21.4 Å². The molecule has 5 rings (SSSR count). The zero-order valence-corrected chi connectivity index (χ0v) is 25.6. The predicted molar refractivity (Wildman–Crippen MR) is 162 cm³/mol. The molecule has 1 aliphatic heterocycles. The number of halogens is 1. The molecular formula is C31H32ClN3O6S. The molecule has 2 N–H and O–H groups in total. The number of aromatic nitrogens is 1. The van der Waals surface area contributed by atoms with Gasteiger partial charge in [0.15, 0.2) is 6.61 Å². The molecule has 0 spiro atoms. The van der Waals surface area contributed by atoms with E-state index in [1.165, 1.54) is 12.1 Å². The van der Waals surface area contributed by atoms with E-state index in [1.54, 1.807) is 19.1 Å². The molecule has 2 amide bonds. The van der Waals surface area contributed by atoms with Gasteiger partial charge in [-0.3, -0.25) is 9.59 Å². The van der Waals surface area contributed by atoms with Gasteiger partial charge in [-0.25, -0.2) is 13.1 Å². The van der Waals surface area contributed by atoms with Crippen LogP contribution < -0.4 is 19.5 Å². The van der Waals surface area contributed by atoms with Crippen LogP contribution in [0.4, 0.5) is 5.69 Å². The molecule has 11 heteroatoms. The minimum atomic E-state index is -4.25. The Balaban J connectivity index is 1.36. The minimum Gasteiger partial charge on any atom is -0.494 e. The summed E-state index contributed by atoms with van der Waals surface area (Å²) < 4.78 is 42.4. The zero-order chi connectivity index (χ0) is 30.3. The van der Waals surface area contributed by atoms with Gasteiger partial charge in [0.05, 0.1) is 22.8 Å². The number of sulfonamides is 1. The minimum absolute atomic E-state index is 0.102. The van der Waals surface area contributed by atoms with Gasteiger partial charge in [0.1, 0.15) is 11.5 Å². The summed E-state index contributed by atoms with van der Waals surface area (Å²) in [5, 5.41) is 4.08. The molecule has 0 radical (unpaired) electrons. The van der Waals surface area contributed by atoms with E-state index in [0.717, 1.165) is 45.1 Å². The van der Waals surface area contributed by atoms with Gasteiger partial charge in [-0.1, -0.05) is 17.7 Å². The molecule has 0 bridgehead atoms. The Bertz CT molecular complexity index is 1840. The number of rotatable bonds is 8. The molecule has 1 aliphatic rings. The van der Waals surface area contributed by atoms with Crippen LogP contribution in [0.5, 0.6) is 11.5 Å². The van der Waals surface area contributed by atoms with Crippen molar-refractivity contribution in [3.05, 3.63) is 81.0 Å². The first-order valence-corrected chi connectivity index (χ1v) is 15.4. The van der Waals surface area contributed by atoms with Crippen molar-refractivity contribution in [1.82, 2.24) is 9.29 Å². The summed E-state index contributed by atoms with van der Waals surface area (Å²) >= 11 is 6.27. The topological polar surface area (TPSA) is 116 Å². The lowest BCUT2D eigenvalue weighted by Gasteiger charge is -2.20. The highest BCUT2D eigenvalue weighted by Gasteiger charge is 2.27. The van der Waals surface area contributed by atoms with Crippen molar-refractivity contribution in [3.63, 3.8) is 0 Å². The summed E-state index contributed by atoms with van der Waals surface area (Å²) in [6.07, 6.45) is 0.718. The average molecular weight is 610 g/mol. The predicted octanol–water partition coefficient (Wildman–Crippen LogP) is 5.76. The smallest absolute Gasteiger partial charge is 0.265 e. The van der Waals surface area contributed by atoms with Crippen LogP contribution >= 0.6 is 11.6 Å². The Morgan fingerprint density at radius 2 is 1.79 bits per heavy atom. The van der Waals surface area contributed by atoms with Crippen LogP contribution in [0.15, 0.2) is 47.4 Å². The molecule has 0 unspecified atom stereocenters. The fourth-order valence-corrected chi connectivity index (χ4v) is 6.66. The molecule has 0 aliphatic carbocycles. The summed E-state index contributed by atoms with van der Waals surface area (Å²) in [6.45, 7) is 10.3. The molecule has 3 aromatic carbocycles. The van der Waals surface area contributed by atoms with E-state index in [1.807, 2.05) is 45.9 Å². The quantitative estimate of drug-likeness (QED) is 0.246. The number of aryl methyl sites for hydroxylation is 5. The maximum absolute atomic E-state index is 13.4. The van der Waals surface area contributed by atoms with Gasteiger partial charge < -0.3 is 19.4 Å². The normalized spacial score (nSPS) is 13.0. The van der Waals surface area contributed by atoms with Gasteiger partial charge in [0.25, 0.3) is 21.8 Å². The lowest BCUT2D eigenvalue weighted by atomic mass is 10.1. The van der Waals surface area contributed by atoms with Crippen molar-refractivity contribution in [2.24, 2.45) is 0 Å². The van der Waals surface area contributed by atoms with E-state index in [4.69, 9.17) is 21.1 Å². The summed E-state index contributed by atoms with van der Waals surface area (Å²) in [5.74, 6) is -0.0611. The zero-order valence-electron chi connectivity index (χ0n) is 24.1. The Morgan fingerprint density at radius 3 is 2.50 bits per heavy atom. The van der Waals surface area contributed by atoms with Crippen LogP contribution in [0.25, 0.3) is 10.9 Å². The third kappa shape index (κ3) is 5.56. The summed E-state index contributed by atoms with van der Waals surface area (Å²) in [5.41, 5.74) is 5.65. The van der Waals surface area contributed by atoms with E-state index in [9.17, 15) is 18.0 Å². The Morgan fingerprint density at radius 1 is 1.07 bits per heavy atom. The second kappa shape index (κ2) is 11.3. The molecule has 1 aromatic heterocycles. The third-order valence-corrected chi connectivity index (χ3v) is 9.60. The fourth-order valence-electron chi connectivity index (χ4n) is 5.34. The van der Waals surface area contributed by atoms with Crippen LogP contribution in [0.1, 0.15) is 44.7 Å². The third-order valence-electron chi connectivity index (χ3n) is 7.53. The maximum Gasteiger partial charge on any atom is 0.265 e. The fraction of sp³-hybridized carbons (Fsp3) is 0.290. The van der Waals surface area contributed by atoms with Crippen LogP contribution in [0, 0.1) is 34.6 Å². The lowest BCUT2D eigenvalue weighted by molar-refractivity contribution is -0.118. The molecule has 9 nitrogen and oxygen atoms in total. The van der Waals surface area contributed by atoms with Crippen molar-refractivity contribution in [1.29, 1.82) is 0 Å². The number of fused-ring (bicyclic) bond motifs is 2. The first-order valence-electron chi connectivity index (χ1n) is 13.5. The maximum atomic E-state index is 13.4. The van der Waals surface area contributed by atoms with Crippen molar-refractivity contribution < 1.29 is 27.5 Å². The first kappa shape index (κ1) is 29.5. The molecule has 0 saturated heterocycles. The monoisotopic (exact) mass is 609 g/mol. The number of amides is 2. The van der Waals surface area contributed by atoms with Gasteiger partial charge >= 0.3 is 0 Å². The number of nitrogens with zero attached hydrogens (tertiary/aromatic N) is 1. The lowest BCUT2D eigenvalue weighted by Crippen LogP contribution is -2.32. The van der Waals surface area contributed by atoms with E-state index in [-0.39, 0.29) is 28.7 Å². The SMILES string of the molecule is Cc1cc2c(cc1S(=O)(=O)NC(=O)c1cccc3c1c(C)c(C)n3CCCOc1cc(C)c(Cl)c(C)c1)OCC(=O)N2. The van der Waals surface area contributed by atoms with Crippen LogP contribution in [-0.4, -0.2) is 38.0 Å². The molecule has 4 aromatic rings. The van der Waals surface area contributed by atoms with Gasteiger partial charge in [-0.05, 0) is 93.6 Å². The number of ether oxygens (including phenoxy) is 2. The number of carbonyl (C=O) groups excluding carboxylic acids is 2. The number of benzene rings is 3. The van der Waals surface area contributed by atoms with Crippen LogP contribution in [0.3, 0.4) is 0 Å². The van der Waals surface area contributed by atoms with Gasteiger partial charge in [-0.15, -0.1) is 0 Å². The molecule has 42 heavy (non-hydrogen) atoms. The largest absolute Gasteiger partial charge is 0.494 e. The second-order valence-electron chi connectivity index (χ2n) is 10.5. The van der Waals surface area contributed by atoms with Crippen molar-refractivity contribution in [2.75, 3.05) is 18.5 Å². The van der Waals surface area contributed by atoms with E-state index in [0.29, 0.717) is 29.8 Å². The first-order chi connectivity index (χ1) is 19.9. The Kier molecular flexibility index (Phi) is 7.96. The summed E-state index contributed by atoms with van der Waals surface area (Å²) in [6, 6.07) is 12.0. The number of nitrogens with one attached hydrogen (secondary N) is 2. The Labute approximate surface area is 249 Å². The highest BCUT2D eigenvalue weighted by molar-refractivity contribution is 7.90. The Hall–Kier alpha value is -4.02. The van der Waals surface area contributed by atoms with Gasteiger partial charge in [0, 0.05) is 34.2 Å². The van der Waals surface area contributed by atoms with E-state index < -0.39 is 15.9 Å². The molecule has 220 valence electrons.